The molecule has 0 bridgehead atoms. The van der Waals surface area contributed by atoms with E-state index in [0.29, 0.717) is 20.2 Å². The first-order valence-corrected chi connectivity index (χ1v) is 19.7. The summed E-state index contributed by atoms with van der Waals surface area (Å²) in [6.45, 7) is 46.5. The van der Waals surface area contributed by atoms with Crippen LogP contribution in [-0.4, -0.2) is 33.7 Å². The Morgan fingerprint density at radius 2 is 0.865 bits per heavy atom. The molecule has 0 aromatic heterocycles. The van der Waals surface area contributed by atoms with Gasteiger partial charge < -0.3 is 0 Å². The van der Waals surface area contributed by atoms with E-state index in [1.54, 1.807) is 0 Å². The zero-order valence-electron chi connectivity index (χ0n) is 28.5. The minimum Gasteiger partial charge on any atom is -0.0703 e. The van der Waals surface area contributed by atoms with E-state index in [1.807, 2.05) is 0 Å². The van der Waals surface area contributed by atoms with E-state index in [2.05, 4.69) is 150 Å². The molecule has 5 heteroatoms. The Bertz CT molecular complexity index is 794. The summed E-state index contributed by atoms with van der Waals surface area (Å²) in [6, 6.07) is 4.42. The Kier molecular flexibility index (Phi) is 12.5. The van der Waals surface area contributed by atoms with Crippen LogP contribution in [0.1, 0.15) is 136 Å². The molecular formula is C32H62GeO2Si2. The summed E-state index contributed by atoms with van der Waals surface area (Å²) in [5, 5.41) is 2.18. The first-order chi connectivity index (χ1) is 16.0. The summed E-state index contributed by atoms with van der Waals surface area (Å²) < 4.78 is 11.4. The number of benzene rings is 1. The Labute approximate surface area is 243 Å². The molecule has 1 aliphatic heterocycles. The van der Waals surface area contributed by atoms with Gasteiger partial charge in [-0.1, -0.05) is 96.2 Å². The summed E-state index contributed by atoms with van der Waals surface area (Å²) in [5.41, 5.74) is 2.81. The maximum atomic E-state index is 5.73. The minimum absolute atomic E-state index is 0.0885. The Morgan fingerprint density at radius 1 is 0.514 bits per heavy atom. The van der Waals surface area contributed by atoms with Crippen LogP contribution in [0.25, 0.3) is 0 Å². The topological polar surface area (TPSA) is 18.5 Å². The van der Waals surface area contributed by atoms with Crippen molar-refractivity contribution in [1.29, 1.82) is 0 Å². The molecule has 0 saturated carbocycles. The molecule has 0 spiro atoms. The largest absolute Gasteiger partial charge is 0.0703 e. The molecule has 0 atom stereocenters. The number of rotatable bonds is 0. The zero-order chi connectivity index (χ0) is 30.0. The van der Waals surface area contributed by atoms with Gasteiger partial charge in [-0.25, -0.2) is 0 Å². The predicted octanol–water partition coefficient (Wildman–Crippen LogP) is 11.0. The molecule has 2 nitrogen and oxygen atoms in total. The van der Waals surface area contributed by atoms with Gasteiger partial charge in [-0.15, -0.1) is 0 Å². The Hall–Kier alpha value is -0.203. The first kappa shape index (κ1) is 36.8. The molecule has 0 amide bonds. The molecule has 4 radical (unpaired) electrons. The Morgan fingerprint density at radius 3 is 1.11 bits per heavy atom. The second kappa shape index (κ2) is 12.5. The molecule has 0 N–H and O–H groups in total. The van der Waals surface area contributed by atoms with Crippen LogP contribution in [0.2, 0.25) is 33.2 Å². The normalized spacial score (nSPS) is 14.8. The van der Waals surface area contributed by atoms with Crippen molar-refractivity contribution < 1.29 is 7.53 Å². The van der Waals surface area contributed by atoms with Crippen LogP contribution in [0.5, 0.6) is 11.5 Å². The summed E-state index contributed by atoms with van der Waals surface area (Å²) in [4.78, 5) is 0. The second-order valence-electron chi connectivity index (χ2n) is 16.9. The van der Waals surface area contributed by atoms with E-state index < -0.39 is 16.1 Å². The maximum absolute atomic E-state index is 5.73. The molecule has 0 fully saturated rings. The van der Waals surface area contributed by atoms with Gasteiger partial charge in [-0.3, -0.25) is 0 Å². The van der Waals surface area contributed by atoms with E-state index in [1.165, 1.54) is 11.1 Å². The summed E-state index contributed by atoms with van der Waals surface area (Å²) >= 11 is -0.730. The molecule has 2 rings (SSSR count). The van der Waals surface area contributed by atoms with Crippen molar-refractivity contribution in [1.82, 2.24) is 0 Å². The van der Waals surface area contributed by atoms with Crippen molar-refractivity contribution in [2.24, 2.45) is 0 Å². The average Bonchev–Trinajstić information content (AvgIpc) is 3.11. The number of hydrogen-bond donors (Lipinski definition) is 0. The SMILES string of the molecule is CC(C)(C)c1cc2c(c(C(C)(C)C)c1)[O][Ge][O]2.C[Si](C(C)(C)C)C(C)(C)C.C[Si](C(C)(C)C)C(C)(C)C. The van der Waals surface area contributed by atoms with E-state index in [-0.39, 0.29) is 28.4 Å². The summed E-state index contributed by atoms with van der Waals surface area (Å²) in [7, 11) is -0.441. The van der Waals surface area contributed by atoms with Crippen LogP contribution in [0, 0.1) is 0 Å². The van der Waals surface area contributed by atoms with Crippen molar-refractivity contribution in [3.05, 3.63) is 23.3 Å². The third-order valence-electron chi connectivity index (χ3n) is 7.52. The Balaban J connectivity index is 0.000000564. The quantitative estimate of drug-likeness (QED) is 0.273. The van der Waals surface area contributed by atoms with Gasteiger partial charge in [-0.05, 0) is 20.2 Å². The zero-order valence-corrected chi connectivity index (χ0v) is 32.6. The molecule has 1 aromatic rings. The molecule has 0 saturated heterocycles. The van der Waals surface area contributed by atoms with Crippen molar-refractivity contribution in [3.8, 4) is 11.5 Å². The molecule has 1 heterocycles. The van der Waals surface area contributed by atoms with Crippen LogP contribution in [0.3, 0.4) is 0 Å². The van der Waals surface area contributed by atoms with Crippen LogP contribution < -0.4 is 7.53 Å². The van der Waals surface area contributed by atoms with Gasteiger partial charge in [0.1, 0.15) is 0 Å². The van der Waals surface area contributed by atoms with Crippen molar-refractivity contribution in [2.75, 3.05) is 0 Å². The molecule has 0 unspecified atom stereocenters. The third kappa shape index (κ3) is 12.2. The predicted molar refractivity (Wildman–Crippen MR) is 173 cm³/mol. The van der Waals surface area contributed by atoms with Gasteiger partial charge in [0.2, 0.25) is 0 Å². The fourth-order valence-corrected chi connectivity index (χ4v) is 9.84. The van der Waals surface area contributed by atoms with Crippen molar-refractivity contribution in [2.45, 2.75) is 169 Å². The van der Waals surface area contributed by atoms with Gasteiger partial charge in [-0.2, -0.15) is 0 Å². The minimum atomic E-state index is -0.730. The fraction of sp³-hybridized carbons (Fsp3) is 0.812. The van der Waals surface area contributed by atoms with Crippen LogP contribution in [0.4, 0.5) is 0 Å². The smallest absolute Gasteiger partial charge is 0.0561 e. The first-order valence-electron chi connectivity index (χ1n) is 14.0. The second-order valence-corrected chi connectivity index (χ2v) is 26.6. The van der Waals surface area contributed by atoms with Gasteiger partial charge in [0.15, 0.2) is 0 Å². The molecule has 1 aromatic carbocycles. The molecule has 0 aliphatic carbocycles. The fourth-order valence-electron chi connectivity index (χ4n) is 4.13. The monoisotopic (exact) mass is 608 g/mol. The van der Waals surface area contributed by atoms with Crippen molar-refractivity contribution in [3.63, 3.8) is 0 Å². The van der Waals surface area contributed by atoms with Gasteiger partial charge >= 0.3 is 111 Å². The van der Waals surface area contributed by atoms with E-state index in [0.717, 1.165) is 11.5 Å². The van der Waals surface area contributed by atoms with Crippen LogP contribution in [0.15, 0.2) is 12.1 Å². The number of hydrogen-bond acceptors (Lipinski definition) is 2. The van der Waals surface area contributed by atoms with Gasteiger partial charge in [0.25, 0.3) is 0 Å². The maximum Gasteiger partial charge on any atom is 0.0561 e. The molecular weight excluding hydrogens is 545 g/mol. The van der Waals surface area contributed by atoms with E-state index in [4.69, 9.17) is 7.53 Å². The summed E-state index contributed by atoms with van der Waals surface area (Å²) in [6.07, 6.45) is 0. The van der Waals surface area contributed by atoms with Crippen LogP contribution >= 0.6 is 0 Å². The summed E-state index contributed by atoms with van der Waals surface area (Å²) in [5.74, 6) is 1.92. The standard InChI is InChI=1S/C14H20GeO2.2C9H21Si/c1-13(2,3)9-7-10(14(4,5)6)12-11(8-9)16-15-17-12;2*1-8(2,3)10(7)9(4,5)6/h7-8H,1-6H3;2*1-7H3. The van der Waals surface area contributed by atoms with Crippen LogP contribution in [-0.2, 0) is 10.8 Å². The molecule has 1 aliphatic rings. The number of fused-ring (bicyclic) bond motifs is 1. The van der Waals surface area contributed by atoms with E-state index in [9.17, 15) is 0 Å². The van der Waals surface area contributed by atoms with Gasteiger partial charge in [0.05, 0.1) is 17.6 Å². The van der Waals surface area contributed by atoms with Gasteiger partial charge in [0, 0.05) is 0 Å². The van der Waals surface area contributed by atoms with Crippen molar-refractivity contribution >= 4 is 33.7 Å². The average molecular weight is 608 g/mol. The molecule has 37 heavy (non-hydrogen) atoms. The molecule has 214 valence electrons. The van der Waals surface area contributed by atoms with E-state index >= 15 is 0 Å². The third-order valence-corrected chi connectivity index (χ3v) is 17.8.